The van der Waals surface area contributed by atoms with Crippen molar-refractivity contribution >= 4 is 34.1 Å². The molecule has 1 heterocycles. The van der Waals surface area contributed by atoms with Crippen LogP contribution >= 0.6 is 11.3 Å². The molecule has 1 aromatic carbocycles. The Kier molecular flexibility index (Phi) is 7.17. The first-order valence-electron chi connectivity index (χ1n) is 8.73. The molecule has 0 aliphatic heterocycles. The average molecular weight is 404 g/mol. The van der Waals surface area contributed by atoms with Gasteiger partial charge in [0.25, 0.3) is 5.91 Å². The van der Waals surface area contributed by atoms with Gasteiger partial charge in [0, 0.05) is 14.1 Å². The molecule has 1 aromatic heterocycles. The van der Waals surface area contributed by atoms with Gasteiger partial charge in [0.2, 0.25) is 5.91 Å². The second kappa shape index (κ2) is 9.36. The number of benzene rings is 1. The summed E-state index contributed by atoms with van der Waals surface area (Å²) in [6, 6.07) is 7.18. The first kappa shape index (κ1) is 21.4. The van der Waals surface area contributed by atoms with Crippen molar-refractivity contribution in [3.63, 3.8) is 0 Å². The summed E-state index contributed by atoms with van der Waals surface area (Å²) in [5, 5.41) is 3.07. The topological polar surface area (TPSA) is 84.9 Å². The van der Waals surface area contributed by atoms with Crippen LogP contribution in [0.4, 0.5) is 5.00 Å². The lowest BCUT2D eigenvalue weighted by atomic mass is 10.1. The molecule has 0 saturated heterocycles. The maximum atomic E-state index is 12.5. The van der Waals surface area contributed by atoms with Crippen LogP contribution < -0.4 is 10.1 Å². The molecule has 2 aromatic rings. The second-order valence-electron chi connectivity index (χ2n) is 6.26. The summed E-state index contributed by atoms with van der Waals surface area (Å²) in [6.45, 7) is 3.58. The van der Waals surface area contributed by atoms with Crippen molar-refractivity contribution in [2.75, 3.05) is 33.1 Å². The summed E-state index contributed by atoms with van der Waals surface area (Å²) >= 11 is 1.07. The standard InChI is InChI=1S/C20H24N2O5S/c1-6-27-20(25)16-12(2)17(19(24)22(3)4)28-18(16)21-15(23)11-13-8-7-9-14(10-13)26-5/h7-10H,6,11H2,1-5H3,(H,21,23). The fourth-order valence-electron chi connectivity index (χ4n) is 2.60. The molecule has 150 valence electrons. The third-order valence-electron chi connectivity index (χ3n) is 3.98. The van der Waals surface area contributed by atoms with Crippen LogP contribution in [0.2, 0.25) is 0 Å². The molecule has 2 amide bonds. The number of anilines is 1. The van der Waals surface area contributed by atoms with Crippen molar-refractivity contribution in [3.8, 4) is 5.75 Å². The minimum absolute atomic E-state index is 0.105. The number of hydrogen-bond donors (Lipinski definition) is 1. The molecule has 0 aliphatic carbocycles. The van der Waals surface area contributed by atoms with E-state index in [1.165, 1.54) is 4.90 Å². The van der Waals surface area contributed by atoms with E-state index in [2.05, 4.69) is 5.32 Å². The number of ether oxygens (including phenoxy) is 2. The molecule has 0 saturated carbocycles. The minimum Gasteiger partial charge on any atom is -0.497 e. The number of rotatable bonds is 7. The van der Waals surface area contributed by atoms with Crippen LogP contribution in [-0.2, 0) is 16.0 Å². The van der Waals surface area contributed by atoms with Crippen molar-refractivity contribution in [1.29, 1.82) is 0 Å². The lowest BCUT2D eigenvalue weighted by Crippen LogP contribution is -2.21. The molecular weight excluding hydrogens is 380 g/mol. The van der Waals surface area contributed by atoms with Crippen LogP contribution in [0.25, 0.3) is 0 Å². The van der Waals surface area contributed by atoms with Gasteiger partial charge in [0.1, 0.15) is 10.8 Å². The first-order valence-corrected chi connectivity index (χ1v) is 9.55. The molecule has 0 bridgehead atoms. The number of esters is 1. The van der Waals surface area contributed by atoms with E-state index >= 15 is 0 Å². The van der Waals surface area contributed by atoms with Crippen LogP contribution in [0.5, 0.6) is 5.75 Å². The number of hydrogen-bond acceptors (Lipinski definition) is 6. The summed E-state index contributed by atoms with van der Waals surface area (Å²) in [7, 11) is 4.82. The highest BCUT2D eigenvalue weighted by Crippen LogP contribution is 2.34. The Bertz CT molecular complexity index is 889. The summed E-state index contributed by atoms with van der Waals surface area (Å²) in [5.41, 5.74) is 1.49. The average Bonchev–Trinajstić information content (AvgIpc) is 2.97. The van der Waals surface area contributed by atoms with Crippen molar-refractivity contribution < 1.29 is 23.9 Å². The maximum Gasteiger partial charge on any atom is 0.341 e. The van der Waals surface area contributed by atoms with E-state index in [-0.39, 0.29) is 30.4 Å². The van der Waals surface area contributed by atoms with E-state index in [0.29, 0.717) is 21.2 Å². The molecule has 7 nitrogen and oxygen atoms in total. The quantitative estimate of drug-likeness (QED) is 0.717. The molecule has 0 radical (unpaired) electrons. The normalized spacial score (nSPS) is 10.3. The number of carbonyl (C=O) groups excluding carboxylic acids is 3. The van der Waals surface area contributed by atoms with Gasteiger partial charge in [-0.25, -0.2) is 4.79 Å². The van der Waals surface area contributed by atoms with Gasteiger partial charge in [-0.15, -0.1) is 11.3 Å². The Balaban J connectivity index is 2.31. The highest BCUT2D eigenvalue weighted by Gasteiger charge is 2.27. The fraction of sp³-hybridized carbons (Fsp3) is 0.350. The highest BCUT2D eigenvalue weighted by molar-refractivity contribution is 7.18. The van der Waals surface area contributed by atoms with Gasteiger partial charge in [-0.1, -0.05) is 12.1 Å². The number of thiophene rings is 1. The van der Waals surface area contributed by atoms with Gasteiger partial charge in [0.15, 0.2) is 0 Å². The third-order valence-corrected chi connectivity index (χ3v) is 5.17. The van der Waals surface area contributed by atoms with E-state index in [0.717, 1.165) is 16.9 Å². The molecular formula is C20H24N2O5S. The first-order chi connectivity index (χ1) is 13.3. The minimum atomic E-state index is -0.564. The van der Waals surface area contributed by atoms with Crippen molar-refractivity contribution in [1.82, 2.24) is 4.90 Å². The second-order valence-corrected chi connectivity index (χ2v) is 7.28. The van der Waals surface area contributed by atoms with Crippen LogP contribution in [-0.4, -0.2) is 50.5 Å². The van der Waals surface area contributed by atoms with E-state index in [1.807, 2.05) is 6.07 Å². The van der Waals surface area contributed by atoms with Gasteiger partial charge in [-0.05, 0) is 37.1 Å². The van der Waals surface area contributed by atoms with E-state index < -0.39 is 5.97 Å². The lowest BCUT2D eigenvalue weighted by Gasteiger charge is -2.09. The van der Waals surface area contributed by atoms with Crippen molar-refractivity contribution in [2.45, 2.75) is 20.3 Å². The number of amides is 2. The van der Waals surface area contributed by atoms with Crippen molar-refractivity contribution in [2.24, 2.45) is 0 Å². The Morgan fingerprint density at radius 1 is 1.21 bits per heavy atom. The molecule has 8 heteroatoms. The predicted molar refractivity (Wildman–Crippen MR) is 108 cm³/mol. The van der Waals surface area contributed by atoms with Gasteiger partial charge in [-0.3, -0.25) is 9.59 Å². The maximum absolute atomic E-state index is 12.5. The number of nitrogens with zero attached hydrogens (tertiary/aromatic N) is 1. The highest BCUT2D eigenvalue weighted by atomic mass is 32.1. The van der Waals surface area contributed by atoms with Crippen LogP contribution in [0, 0.1) is 6.92 Å². The predicted octanol–water partition coefficient (Wildman–Crippen LogP) is 3.12. The van der Waals surface area contributed by atoms with E-state index in [4.69, 9.17) is 9.47 Å². The smallest absolute Gasteiger partial charge is 0.341 e. The monoisotopic (exact) mass is 404 g/mol. The van der Waals surface area contributed by atoms with Crippen LogP contribution in [0.1, 0.15) is 38.1 Å². The number of methoxy groups -OCH3 is 1. The molecule has 0 atom stereocenters. The third kappa shape index (κ3) is 4.89. The summed E-state index contributed by atoms with van der Waals surface area (Å²) in [6.07, 6.45) is 0.105. The summed E-state index contributed by atoms with van der Waals surface area (Å²) < 4.78 is 10.3. The molecule has 0 unspecified atom stereocenters. The largest absolute Gasteiger partial charge is 0.497 e. The van der Waals surface area contributed by atoms with Crippen LogP contribution in [0.15, 0.2) is 24.3 Å². The van der Waals surface area contributed by atoms with E-state index in [1.54, 1.807) is 53.3 Å². The summed E-state index contributed by atoms with van der Waals surface area (Å²) in [5.74, 6) is -0.445. The zero-order chi connectivity index (χ0) is 20.8. The van der Waals surface area contributed by atoms with Crippen molar-refractivity contribution in [3.05, 3.63) is 45.8 Å². The summed E-state index contributed by atoms with van der Waals surface area (Å²) in [4.78, 5) is 39.2. The molecule has 0 fully saturated rings. The molecule has 2 rings (SSSR count). The zero-order valence-electron chi connectivity index (χ0n) is 16.6. The Morgan fingerprint density at radius 2 is 1.93 bits per heavy atom. The molecule has 0 aliphatic rings. The Morgan fingerprint density at radius 3 is 2.54 bits per heavy atom. The van der Waals surface area contributed by atoms with Gasteiger partial charge in [-0.2, -0.15) is 0 Å². The SMILES string of the molecule is CCOC(=O)c1c(NC(=O)Cc2cccc(OC)c2)sc(C(=O)N(C)C)c1C. The molecule has 1 N–H and O–H groups in total. The van der Waals surface area contributed by atoms with Gasteiger partial charge in [0.05, 0.1) is 30.6 Å². The molecule has 28 heavy (non-hydrogen) atoms. The zero-order valence-corrected chi connectivity index (χ0v) is 17.4. The molecule has 0 spiro atoms. The van der Waals surface area contributed by atoms with E-state index in [9.17, 15) is 14.4 Å². The fourth-order valence-corrected chi connectivity index (χ4v) is 3.83. The number of carbonyl (C=O) groups is 3. The lowest BCUT2D eigenvalue weighted by molar-refractivity contribution is -0.115. The Labute approximate surface area is 168 Å². The van der Waals surface area contributed by atoms with Gasteiger partial charge >= 0.3 is 5.97 Å². The van der Waals surface area contributed by atoms with Gasteiger partial charge < -0.3 is 19.7 Å². The Hall–Kier alpha value is -2.87. The number of nitrogens with one attached hydrogen (secondary N) is 1. The van der Waals surface area contributed by atoms with Crippen LogP contribution in [0.3, 0.4) is 0 Å².